The number of Topliss-reactive ketones (excluding diaryl/α,β-unsaturated/α-hetero) is 1. The van der Waals surface area contributed by atoms with Gasteiger partial charge in [-0.3, -0.25) is 0 Å². The smallest absolute Gasteiger partial charge is 0.129 e. The summed E-state index contributed by atoms with van der Waals surface area (Å²) < 4.78 is 10.8. The van der Waals surface area contributed by atoms with Crippen LogP contribution in [0.1, 0.15) is 32.6 Å². The number of rotatable bonds is 6. The van der Waals surface area contributed by atoms with Crippen molar-refractivity contribution >= 4 is 5.78 Å². The zero-order valence-electron chi connectivity index (χ0n) is 8.25. The Hall–Kier alpha value is -0.410. The van der Waals surface area contributed by atoms with Gasteiger partial charge in [-0.05, 0) is 26.2 Å². The van der Waals surface area contributed by atoms with Gasteiger partial charge in [0.2, 0.25) is 0 Å². The molecule has 1 heterocycles. The molecule has 0 aliphatic carbocycles. The lowest BCUT2D eigenvalue weighted by Crippen LogP contribution is -2.14. The number of ketones is 1. The Morgan fingerprint density at radius 1 is 1.62 bits per heavy atom. The van der Waals surface area contributed by atoms with E-state index in [1.54, 1.807) is 6.92 Å². The highest BCUT2D eigenvalue weighted by Gasteiger charge is 2.14. The van der Waals surface area contributed by atoms with Gasteiger partial charge in [0.1, 0.15) is 5.78 Å². The van der Waals surface area contributed by atoms with Gasteiger partial charge in [0, 0.05) is 19.6 Å². The molecule has 3 nitrogen and oxygen atoms in total. The minimum absolute atomic E-state index is 0.237. The van der Waals surface area contributed by atoms with Gasteiger partial charge >= 0.3 is 0 Å². The maximum Gasteiger partial charge on any atom is 0.129 e. The van der Waals surface area contributed by atoms with Gasteiger partial charge < -0.3 is 14.3 Å². The van der Waals surface area contributed by atoms with Gasteiger partial charge in [0.25, 0.3) is 0 Å². The van der Waals surface area contributed by atoms with Crippen molar-refractivity contribution in [3.63, 3.8) is 0 Å². The molecular weight excluding hydrogens is 168 g/mol. The van der Waals surface area contributed by atoms with E-state index >= 15 is 0 Å². The molecule has 1 saturated heterocycles. The second-order valence-corrected chi connectivity index (χ2v) is 3.52. The second kappa shape index (κ2) is 6.11. The van der Waals surface area contributed by atoms with Gasteiger partial charge in [-0.15, -0.1) is 0 Å². The summed E-state index contributed by atoms with van der Waals surface area (Å²) in [5.41, 5.74) is 0. The van der Waals surface area contributed by atoms with Crippen molar-refractivity contribution in [1.29, 1.82) is 0 Å². The Kier molecular flexibility index (Phi) is 5.01. The van der Waals surface area contributed by atoms with E-state index < -0.39 is 0 Å². The third-order valence-electron chi connectivity index (χ3n) is 2.15. The molecule has 0 aromatic carbocycles. The largest absolute Gasteiger partial charge is 0.379 e. The topological polar surface area (TPSA) is 35.5 Å². The Bertz CT molecular complexity index is 150. The molecule has 1 aliphatic heterocycles. The lowest BCUT2D eigenvalue weighted by Gasteiger charge is -2.09. The van der Waals surface area contributed by atoms with Crippen LogP contribution in [-0.2, 0) is 14.3 Å². The minimum atomic E-state index is 0.237. The van der Waals surface area contributed by atoms with Crippen molar-refractivity contribution in [1.82, 2.24) is 0 Å². The molecule has 0 amide bonds. The third-order valence-corrected chi connectivity index (χ3v) is 2.15. The van der Waals surface area contributed by atoms with E-state index in [0.29, 0.717) is 25.7 Å². The van der Waals surface area contributed by atoms with E-state index in [0.717, 1.165) is 25.9 Å². The molecule has 0 aromatic heterocycles. The van der Waals surface area contributed by atoms with Crippen LogP contribution in [0, 0.1) is 0 Å². The molecule has 0 saturated carbocycles. The van der Waals surface area contributed by atoms with E-state index in [2.05, 4.69) is 0 Å². The number of carbonyl (C=O) groups excluding carboxylic acids is 1. The lowest BCUT2D eigenvalue weighted by molar-refractivity contribution is -0.117. The van der Waals surface area contributed by atoms with Crippen molar-refractivity contribution in [2.24, 2.45) is 0 Å². The Balaban J connectivity index is 1.86. The first kappa shape index (κ1) is 10.7. The molecular formula is C10H18O3. The fourth-order valence-corrected chi connectivity index (χ4v) is 1.41. The molecule has 1 rings (SSSR count). The molecule has 13 heavy (non-hydrogen) atoms. The first-order valence-electron chi connectivity index (χ1n) is 4.98. The predicted octanol–water partition coefficient (Wildman–Crippen LogP) is 1.55. The highest BCUT2D eigenvalue weighted by Crippen LogP contribution is 2.11. The van der Waals surface area contributed by atoms with Crippen LogP contribution in [0.4, 0.5) is 0 Å². The molecule has 1 unspecified atom stereocenters. The summed E-state index contributed by atoms with van der Waals surface area (Å²) in [7, 11) is 0. The van der Waals surface area contributed by atoms with Gasteiger partial charge in [-0.1, -0.05) is 0 Å². The molecule has 1 atom stereocenters. The summed E-state index contributed by atoms with van der Waals surface area (Å²) in [6, 6.07) is 0. The highest BCUT2D eigenvalue weighted by molar-refractivity contribution is 5.75. The van der Waals surface area contributed by atoms with E-state index in [9.17, 15) is 4.79 Å². The molecule has 3 heteroatoms. The SMILES string of the molecule is CC(=O)CCCOCC1CCCO1. The van der Waals surface area contributed by atoms with E-state index in [4.69, 9.17) is 9.47 Å². The lowest BCUT2D eigenvalue weighted by atomic mass is 10.2. The molecule has 0 spiro atoms. The van der Waals surface area contributed by atoms with Crippen LogP contribution in [0.15, 0.2) is 0 Å². The Labute approximate surface area is 79.4 Å². The number of hydrogen-bond donors (Lipinski definition) is 0. The van der Waals surface area contributed by atoms with Gasteiger partial charge in [0.15, 0.2) is 0 Å². The van der Waals surface area contributed by atoms with Crippen molar-refractivity contribution in [3.05, 3.63) is 0 Å². The van der Waals surface area contributed by atoms with Gasteiger partial charge in [-0.2, -0.15) is 0 Å². The first-order valence-corrected chi connectivity index (χ1v) is 4.98. The molecule has 0 bridgehead atoms. The van der Waals surface area contributed by atoms with Crippen LogP contribution in [0.25, 0.3) is 0 Å². The zero-order valence-corrected chi connectivity index (χ0v) is 8.25. The summed E-state index contributed by atoms with van der Waals surface area (Å²) in [5.74, 6) is 0.237. The summed E-state index contributed by atoms with van der Waals surface area (Å²) in [6.07, 6.45) is 4.04. The van der Waals surface area contributed by atoms with Crippen molar-refractivity contribution < 1.29 is 14.3 Å². The minimum Gasteiger partial charge on any atom is -0.379 e. The fourth-order valence-electron chi connectivity index (χ4n) is 1.41. The quantitative estimate of drug-likeness (QED) is 0.590. The molecule has 0 N–H and O–H groups in total. The fraction of sp³-hybridized carbons (Fsp3) is 0.900. The van der Waals surface area contributed by atoms with Crippen molar-refractivity contribution in [3.8, 4) is 0 Å². The first-order chi connectivity index (χ1) is 6.29. The van der Waals surface area contributed by atoms with Crippen molar-refractivity contribution in [2.45, 2.75) is 38.7 Å². The van der Waals surface area contributed by atoms with Crippen LogP contribution >= 0.6 is 0 Å². The standard InChI is InChI=1S/C10H18O3/c1-9(11)4-2-6-12-8-10-5-3-7-13-10/h10H,2-8H2,1H3. The molecule has 0 aromatic rings. The highest BCUT2D eigenvalue weighted by atomic mass is 16.5. The predicted molar refractivity (Wildman–Crippen MR) is 49.7 cm³/mol. The average molecular weight is 186 g/mol. The second-order valence-electron chi connectivity index (χ2n) is 3.52. The monoisotopic (exact) mass is 186 g/mol. The molecule has 0 radical (unpaired) electrons. The molecule has 76 valence electrons. The van der Waals surface area contributed by atoms with E-state index in [1.807, 2.05) is 0 Å². The van der Waals surface area contributed by atoms with Crippen LogP contribution in [-0.4, -0.2) is 31.7 Å². The summed E-state index contributed by atoms with van der Waals surface area (Å²) in [4.78, 5) is 10.6. The molecule has 1 fully saturated rings. The maximum absolute atomic E-state index is 10.6. The maximum atomic E-state index is 10.6. The van der Waals surface area contributed by atoms with Gasteiger partial charge in [0.05, 0.1) is 12.7 Å². The average Bonchev–Trinajstić information content (AvgIpc) is 2.55. The summed E-state index contributed by atoms with van der Waals surface area (Å²) >= 11 is 0. The van der Waals surface area contributed by atoms with Gasteiger partial charge in [-0.25, -0.2) is 0 Å². The Morgan fingerprint density at radius 3 is 3.08 bits per heavy atom. The van der Waals surface area contributed by atoms with Crippen LogP contribution in [0.2, 0.25) is 0 Å². The number of hydrogen-bond acceptors (Lipinski definition) is 3. The van der Waals surface area contributed by atoms with Crippen molar-refractivity contribution in [2.75, 3.05) is 19.8 Å². The van der Waals surface area contributed by atoms with Crippen LogP contribution in [0.3, 0.4) is 0 Å². The Morgan fingerprint density at radius 2 is 2.46 bits per heavy atom. The third kappa shape index (κ3) is 5.01. The number of carbonyl (C=O) groups is 1. The van der Waals surface area contributed by atoms with E-state index in [-0.39, 0.29) is 5.78 Å². The number of ether oxygens (including phenoxy) is 2. The zero-order chi connectivity index (χ0) is 9.52. The van der Waals surface area contributed by atoms with Crippen LogP contribution in [0.5, 0.6) is 0 Å². The molecule has 1 aliphatic rings. The van der Waals surface area contributed by atoms with Crippen LogP contribution < -0.4 is 0 Å². The normalized spacial score (nSPS) is 22.1. The summed E-state index contributed by atoms with van der Waals surface area (Å²) in [6.45, 7) is 3.86. The van der Waals surface area contributed by atoms with E-state index in [1.165, 1.54) is 0 Å². The summed E-state index contributed by atoms with van der Waals surface area (Å²) in [5, 5.41) is 0.